The molecule has 0 amide bonds. The second kappa shape index (κ2) is 23.5. The zero-order valence-electron chi connectivity index (χ0n) is 50.0. The molecule has 0 heterocycles. The Labute approximate surface area is 538 Å². The molecule has 2 atom stereocenters. The van der Waals surface area contributed by atoms with Gasteiger partial charge in [0.1, 0.15) is 40.4 Å². The number of ether oxygens (including phenoxy) is 2. The summed E-state index contributed by atoms with van der Waals surface area (Å²) in [5, 5.41) is 0. The van der Waals surface area contributed by atoms with E-state index in [4.69, 9.17) is 9.47 Å². The molecular formula is C84H52F7NO2. The van der Waals surface area contributed by atoms with Crippen molar-refractivity contribution in [3.8, 4) is 67.5 Å². The maximum atomic E-state index is 17.4. The van der Waals surface area contributed by atoms with Gasteiger partial charge in [0.05, 0.1) is 10.8 Å². The maximum Gasteiger partial charge on any atom is 0.161 e. The number of hydrogen-bond acceptors (Lipinski definition) is 3. The Morgan fingerprint density at radius 3 is 1.05 bits per heavy atom. The van der Waals surface area contributed by atoms with Crippen LogP contribution in [0.15, 0.2) is 292 Å². The van der Waals surface area contributed by atoms with Gasteiger partial charge in [0.2, 0.25) is 0 Å². The van der Waals surface area contributed by atoms with Crippen LogP contribution in [-0.4, -0.2) is 0 Å². The molecule has 0 aromatic heterocycles. The highest BCUT2D eigenvalue weighted by atomic mass is 19.2. The quantitative estimate of drug-likeness (QED) is 0.0754. The SMILES string of the molecule is C=Cc1ccc(Oc2ccc(C3(c4cc(F)c(F)cc4F)c4ccccc4-c4ccc(N(c5ccc(-c6cccc(-c7ccc(F)cc7)c6)cc5)c5ccc6c(c5)C(c5ccc(Oc7ccc(C=C)cc7)cc5)(c5cc(F)c(F)cc5F)c5ccccc5-6)cc43)cc2)cc1. The van der Waals surface area contributed by atoms with E-state index in [2.05, 4.69) is 13.2 Å². The Bertz CT molecular complexity index is 4870. The molecule has 454 valence electrons. The van der Waals surface area contributed by atoms with E-state index in [0.717, 1.165) is 56.6 Å². The summed E-state index contributed by atoms with van der Waals surface area (Å²) in [6.07, 6.45) is 3.46. The minimum Gasteiger partial charge on any atom is -0.457 e. The Hall–Kier alpha value is -11.8. The van der Waals surface area contributed by atoms with E-state index >= 15 is 26.3 Å². The Balaban J connectivity index is 0.952. The molecule has 15 rings (SSSR count). The number of fused-ring (bicyclic) bond motifs is 6. The van der Waals surface area contributed by atoms with Gasteiger partial charge in [0, 0.05) is 40.3 Å². The average molecular weight is 1240 g/mol. The van der Waals surface area contributed by atoms with E-state index in [0.29, 0.717) is 96.7 Å². The monoisotopic (exact) mass is 1240 g/mol. The van der Waals surface area contributed by atoms with Crippen LogP contribution in [0.4, 0.5) is 47.8 Å². The highest BCUT2D eigenvalue weighted by Crippen LogP contribution is 2.61. The standard InChI is InChI=1S/C84H52F7NO2/c1-3-51-16-34-63(35-17-51)93-65-38-24-57(25-39-65)83(75-47-79(88)81(90)49-77(75)86)71-14-7-5-12-67(71)69-42-32-61(45-73(69)83)92(60-30-22-54(23-31-60)56-11-9-10-55(44-56)53-20-28-59(85)29-21-53)62-33-43-70-68-13-6-8-15-72(68)84(74(70)46-62,76-48-80(89)82(91)50-78(76)87)58-26-40-66(41-27-58)94-64-36-18-52(4-2)19-37-64/h3-50H,1-2H2. The smallest absolute Gasteiger partial charge is 0.161 e. The molecule has 13 aromatic carbocycles. The summed E-state index contributed by atoms with van der Waals surface area (Å²) in [6, 6.07) is 80.8. The normalized spacial score (nSPS) is 14.9. The fourth-order valence-electron chi connectivity index (χ4n) is 13.9. The molecule has 13 aromatic rings. The number of anilines is 3. The summed E-state index contributed by atoms with van der Waals surface area (Å²) in [5.41, 5.74) is 9.57. The van der Waals surface area contributed by atoms with Gasteiger partial charge in [-0.3, -0.25) is 0 Å². The number of halogens is 7. The lowest BCUT2D eigenvalue weighted by Gasteiger charge is -2.36. The van der Waals surface area contributed by atoms with Crippen molar-refractivity contribution in [1.29, 1.82) is 0 Å². The molecule has 0 spiro atoms. The first kappa shape index (κ1) is 58.6. The number of benzene rings is 13. The molecule has 10 heteroatoms. The van der Waals surface area contributed by atoms with E-state index in [1.54, 1.807) is 48.6 Å². The largest absolute Gasteiger partial charge is 0.457 e. The van der Waals surface area contributed by atoms with E-state index < -0.39 is 45.7 Å². The van der Waals surface area contributed by atoms with Crippen molar-refractivity contribution < 1.29 is 40.2 Å². The van der Waals surface area contributed by atoms with Gasteiger partial charge in [-0.1, -0.05) is 177 Å². The van der Waals surface area contributed by atoms with Crippen molar-refractivity contribution in [2.75, 3.05) is 4.90 Å². The fourth-order valence-corrected chi connectivity index (χ4v) is 13.9. The lowest BCUT2D eigenvalue weighted by Crippen LogP contribution is -2.31. The summed E-state index contributed by atoms with van der Waals surface area (Å²) in [6.45, 7) is 7.70. The third-order valence-electron chi connectivity index (χ3n) is 18.2. The van der Waals surface area contributed by atoms with Crippen LogP contribution in [0, 0.1) is 40.7 Å². The summed E-state index contributed by atoms with van der Waals surface area (Å²) in [4.78, 5) is 2.01. The van der Waals surface area contributed by atoms with Crippen molar-refractivity contribution in [3.63, 3.8) is 0 Å². The second-order valence-electron chi connectivity index (χ2n) is 23.3. The number of nitrogens with zero attached hydrogens (tertiary/aromatic N) is 1. The van der Waals surface area contributed by atoms with Gasteiger partial charge in [-0.05, 0) is 204 Å². The molecule has 0 fully saturated rings. The summed E-state index contributed by atoms with van der Waals surface area (Å²) < 4.78 is 125. The molecule has 0 radical (unpaired) electrons. The van der Waals surface area contributed by atoms with Crippen LogP contribution in [0.1, 0.15) is 55.6 Å². The molecule has 0 bridgehead atoms. The molecule has 0 N–H and O–H groups in total. The summed E-state index contributed by atoms with van der Waals surface area (Å²) >= 11 is 0. The number of hydrogen-bond donors (Lipinski definition) is 0. The molecule has 0 saturated heterocycles. The zero-order valence-corrected chi connectivity index (χ0v) is 50.0. The van der Waals surface area contributed by atoms with Crippen LogP contribution in [-0.2, 0) is 10.8 Å². The minimum absolute atomic E-state index is 0.141. The van der Waals surface area contributed by atoms with E-state index in [1.807, 2.05) is 211 Å². The minimum atomic E-state index is -1.64. The Morgan fingerprint density at radius 2 is 0.638 bits per heavy atom. The van der Waals surface area contributed by atoms with Crippen LogP contribution >= 0.6 is 0 Å². The van der Waals surface area contributed by atoms with Gasteiger partial charge < -0.3 is 14.4 Å². The topological polar surface area (TPSA) is 21.7 Å². The van der Waals surface area contributed by atoms with E-state index in [1.165, 1.54) is 12.1 Å². The zero-order chi connectivity index (χ0) is 64.4. The predicted octanol–water partition coefficient (Wildman–Crippen LogP) is 23.1. The first-order valence-electron chi connectivity index (χ1n) is 30.4. The first-order chi connectivity index (χ1) is 45.8. The van der Waals surface area contributed by atoms with E-state index in [9.17, 15) is 4.39 Å². The van der Waals surface area contributed by atoms with Gasteiger partial charge in [-0.25, -0.2) is 30.7 Å². The highest BCUT2D eigenvalue weighted by Gasteiger charge is 2.50. The van der Waals surface area contributed by atoms with Crippen LogP contribution in [0.2, 0.25) is 0 Å². The Kier molecular flexibility index (Phi) is 14.6. The summed E-state index contributed by atoms with van der Waals surface area (Å²) in [7, 11) is 0. The third-order valence-corrected chi connectivity index (χ3v) is 18.2. The van der Waals surface area contributed by atoms with Gasteiger partial charge >= 0.3 is 0 Å². The average Bonchev–Trinajstić information content (AvgIpc) is 1.52. The van der Waals surface area contributed by atoms with Crippen molar-refractivity contribution in [2.24, 2.45) is 0 Å². The molecule has 0 aliphatic heterocycles. The molecule has 2 aliphatic rings. The van der Waals surface area contributed by atoms with Crippen molar-refractivity contribution >= 4 is 29.2 Å². The van der Waals surface area contributed by atoms with Gasteiger partial charge in [0.25, 0.3) is 0 Å². The molecular weight excluding hydrogens is 1190 g/mol. The maximum absolute atomic E-state index is 17.4. The van der Waals surface area contributed by atoms with Crippen LogP contribution in [0.5, 0.6) is 23.0 Å². The van der Waals surface area contributed by atoms with Gasteiger partial charge in [0.15, 0.2) is 23.3 Å². The first-order valence-corrected chi connectivity index (χ1v) is 30.4. The Morgan fingerprint density at radius 1 is 0.277 bits per heavy atom. The van der Waals surface area contributed by atoms with Crippen LogP contribution in [0.25, 0.3) is 56.7 Å². The van der Waals surface area contributed by atoms with Crippen molar-refractivity contribution in [2.45, 2.75) is 10.8 Å². The van der Waals surface area contributed by atoms with Gasteiger partial charge in [-0.2, -0.15) is 0 Å². The van der Waals surface area contributed by atoms with Crippen molar-refractivity contribution in [1.82, 2.24) is 0 Å². The second-order valence-corrected chi connectivity index (χ2v) is 23.3. The van der Waals surface area contributed by atoms with Crippen LogP contribution < -0.4 is 14.4 Å². The molecule has 3 nitrogen and oxygen atoms in total. The summed E-state index contributed by atoms with van der Waals surface area (Å²) in [5.74, 6) is -5.45. The van der Waals surface area contributed by atoms with E-state index in [-0.39, 0.29) is 16.9 Å². The molecule has 2 unspecified atom stereocenters. The predicted molar refractivity (Wildman–Crippen MR) is 360 cm³/mol. The van der Waals surface area contributed by atoms with Crippen LogP contribution in [0.3, 0.4) is 0 Å². The van der Waals surface area contributed by atoms with Gasteiger partial charge in [-0.15, -0.1) is 0 Å². The molecule has 2 aliphatic carbocycles. The molecule has 94 heavy (non-hydrogen) atoms. The molecule has 0 saturated carbocycles. The fraction of sp³-hybridized carbons (Fsp3) is 0.0238. The lowest BCUT2D eigenvalue weighted by molar-refractivity contribution is 0.480. The third kappa shape index (κ3) is 9.85. The van der Waals surface area contributed by atoms with Crippen molar-refractivity contribution in [3.05, 3.63) is 389 Å². The highest BCUT2D eigenvalue weighted by molar-refractivity contribution is 5.93. The number of rotatable bonds is 15. The lowest BCUT2D eigenvalue weighted by atomic mass is 9.67.